The molecule has 0 fully saturated rings. The van der Waals surface area contributed by atoms with E-state index in [1.807, 2.05) is 44.0 Å². The van der Waals surface area contributed by atoms with E-state index < -0.39 is 17.3 Å². The molecule has 0 aromatic heterocycles. The molecule has 1 atom stereocenters. The van der Waals surface area contributed by atoms with Crippen LogP contribution in [0.15, 0.2) is 53.1 Å². The van der Waals surface area contributed by atoms with Crippen LogP contribution in [0.1, 0.15) is 13.8 Å². The van der Waals surface area contributed by atoms with E-state index in [9.17, 15) is 19.1 Å². The minimum absolute atomic E-state index is 0. The Balaban J connectivity index is 0.000000633. The quantitative estimate of drug-likeness (QED) is 0.436. The largest absolute Gasteiger partial charge is 1.00 e. The van der Waals surface area contributed by atoms with Gasteiger partial charge < -0.3 is 25.9 Å². The third-order valence-electron chi connectivity index (χ3n) is 4.51. The van der Waals surface area contributed by atoms with Crippen molar-refractivity contribution in [2.24, 2.45) is 0 Å². The summed E-state index contributed by atoms with van der Waals surface area (Å²) in [6, 6.07) is 5.50. The molecule has 0 spiro atoms. The maximum Gasteiger partial charge on any atom is 1.00 e. The zero-order valence-corrected chi connectivity index (χ0v) is 22.0. The number of halogens is 2. The second kappa shape index (κ2) is 14.6. The van der Waals surface area contributed by atoms with Crippen molar-refractivity contribution in [1.29, 1.82) is 5.26 Å². The smallest absolute Gasteiger partial charge is 0.853 e. The number of hydrogen-bond donors (Lipinski definition) is 2. The summed E-state index contributed by atoms with van der Waals surface area (Å²) in [6.07, 6.45) is 3.59. The van der Waals surface area contributed by atoms with E-state index in [0.29, 0.717) is 18.0 Å². The van der Waals surface area contributed by atoms with Crippen molar-refractivity contribution >= 4 is 5.69 Å². The summed E-state index contributed by atoms with van der Waals surface area (Å²) in [7, 11) is 5.31. The number of rotatable bonds is 3. The number of nitriles is 1. The molecule has 0 bridgehead atoms. The van der Waals surface area contributed by atoms with E-state index >= 15 is 0 Å². The van der Waals surface area contributed by atoms with Gasteiger partial charge in [-0.1, -0.05) is 19.9 Å². The van der Waals surface area contributed by atoms with Gasteiger partial charge in [0.2, 0.25) is 0 Å². The van der Waals surface area contributed by atoms with E-state index in [-0.39, 0.29) is 64.0 Å². The van der Waals surface area contributed by atoms with Gasteiger partial charge >= 0.3 is 51.4 Å². The Morgan fingerprint density at radius 2 is 1.87 bits per heavy atom. The van der Waals surface area contributed by atoms with E-state index in [1.165, 1.54) is 6.07 Å². The molecular formula is C21H28F2KN5O2. The molecule has 0 saturated heterocycles. The van der Waals surface area contributed by atoms with Gasteiger partial charge in [0.25, 0.3) is 0 Å². The zero-order chi connectivity index (χ0) is 22.8. The first-order chi connectivity index (χ1) is 14.3. The molecule has 0 saturated carbocycles. The van der Waals surface area contributed by atoms with E-state index in [1.54, 1.807) is 13.2 Å². The first-order valence-electron chi connectivity index (χ1n) is 9.43. The fraction of sp³-hybridized carbons (Fsp3) is 0.381. The van der Waals surface area contributed by atoms with Gasteiger partial charge in [-0.2, -0.15) is 5.26 Å². The van der Waals surface area contributed by atoms with Gasteiger partial charge in [-0.3, -0.25) is 0 Å². The molecule has 1 aromatic carbocycles. The number of nitrogens with two attached hydrogens (primary N) is 1. The predicted octanol–water partition coefficient (Wildman–Crippen LogP) is -1.12. The summed E-state index contributed by atoms with van der Waals surface area (Å²) in [6.45, 7) is 4.31. The Kier molecular flexibility index (Phi) is 13.9. The maximum absolute atomic E-state index is 12.2. The summed E-state index contributed by atoms with van der Waals surface area (Å²) in [5.74, 6) is -0.847. The number of ether oxygens (including phenoxy) is 1. The number of anilines is 1. The van der Waals surface area contributed by atoms with Crippen LogP contribution in [0, 0.1) is 23.0 Å². The van der Waals surface area contributed by atoms with Crippen molar-refractivity contribution in [3.05, 3.63) is 64.7 Å². The molecule has 31 heavy (non-hydrogen) atoms. The fourth-order valence-electron chi connectivity index (χ4n) is 2.75. The van der Waals surface area contributed by atoms with Crippen molar-refractivity contribution in [3.63, 3.8) is 0 Å². The number of dihydropyridines is 1. The number of hydrogen-bond acceptors (Lipinski definition) is 7. The van der Waals surface area contributed by atoms with Crippen LogP contribution in [0.4, 0.5) is 14.5 Å². The number of nitrogens with zero attached hydrogens (tertiary/aromatic N) is 3. The molecule has 0 amide bonds. The number of nitrogen functional groups attached to an aromatic ring is 1. The van der Waals surface area contributed by atoms with Gasteiger partial charge in [-0.05, 0) is 18.2 Å². The molecule has 3 N–H and O–H groups in total. The Bertz CT molecular complexity index is 848. The van der Waals surface area contributed by atoms with Gasteiger partial charge in [0.1, 0.15) is 17.3 Å². The van der Waals surface area contributed by atoms with Crippen molar-refractivity contribution in [2.75, 3.05) is 40.1 Å². The number of likely N-dealkylation sites (N-methyl/N-ethyl adjacent to an activating group) is 2. The summed E-state index contributed by atoms with van der Waals surface area (Å²) in [4.78, 5) is 0. The van der Waals surface area contributed by atoms with Gasteiger partial charge in [0.05, 0.1) is 24.4 Å². The molecule has 1 aromatic rings. The Hall–Kier alpha value is -1.45. The van der Waals surface area contributed by atoms with Crippen molar-refractivity contribution in [2.45, 2.75) is 19.9 Å². The molecule has 2 aliphatic rings. The van der Waals surface area contributed by atoms with Gasteiger partial charge in [-0.25, -0.2) is 13.8 Å². The molecule has 10 heteroatoms. The van der Waals surface area contributed by atoms with Crippen LogP contribution in [0.5, 0.6) is 0 Å². The topological polar surface area (TPSA) is 101 Å². The number of nitrogens with one attached hydrogen (secondary N) is 1. The average molecular weight is 460 g/mol. The number of allylic oxidation sites excluding steroid dienone is 2. The second-order valence-electron chi connectivity index (χ2n) is 6.09. The van der Waals surface area contributed by atoms with Gasteiger partial charge in [0.15, 0.2) is 5.88 Å². The van der Waals surface area contributed by atoms with Crippen LogP contribution in [-0.2, 0) is 4.74 Å². The van der Waals surface area contributed by atoms with Crippen LogP contribution in [0.3, 0.4) is 0 Å². The average Bonchev–Trinajstić information content (AvgIpc) is 3.07. The molecule has 1 unspecified atom stereocenters. The van der Waals surface area contributed by atoms with Crippen LogP contribution in [0.2, 0.25) is 0 Å². The standard InChI is InChI=1S/C13H17N4O2.C6H5F2N.C2H6.K/c1-16-10(8-18)5-12(17(16)2)11-7-15-13(19-3)4-9(11)6-14;7-4-2-1-3-5(8)6(4)9;1-2;/h4-5,10,15H,7-8H2,1-3H3;1-3H,9H2;1-2H3;/q-1;;;+1. The zero-order valence-electron chi connectivity index (χ0n) is 18.9. The fourth-order valence-corrected chi connectivity index (χ4v) is 2.75. The van der Waals surface area contributed by atoms with Crippen molar-refractivity contribution < 1.29 is 70.0 Å². The van der Waals surface area contributed by atoms with Crippen LogP contribution >= 0.6 is 0 Å². The molecule has 3 rings (SSSR count). The van der Waals surface area contributed by atoms with Crippen LogP contribution < -0.4 is 67.5 Å². The molecule has 164 valence electrons. The third kappa shape index (κ3) is 7.57. The molecular weight excluding hydrogens is 431 g/mol. The molecule has 0 aliphatic carbocycles. The number of methoxy groups -OCH3 is 1. The molecule has 2 heterocycles. The molecule has 7 nitrogen and oxygen atoms in total. The van der Waals surface area contributed by atoms with E-state index in [2.05, 4.69) is 11.4 Å². The first-order valence-corrected chi connectivity index (χ1v) is 9.43. The minimum atomic E-state index is -0.713. The Morgan fingerprint density at radius 1 is 1.29 bits per heavy atom. The van der Waals surface area contributed by atoms with Gasteiger partial charge in [0, 0.05) is 38.3 Å². The minimum Gasteiger partial charge on any atom is -0.853 e. The summed E-state index contributed by atoms with van der Waals surface area (Å²) in [5.41, 5.74) is 6.86. The van der Waals surface area contributed by atoms with Crippen molar-refractivity contribution in [1.82, 2.24) is 15.3 Å². The summed E-state index contributed by atoms with van der Waals surface area (Å²) in [5, 5.41) is 27.3. The van der Waals surface area contributed by atoms with Crippen molar-refractivity contribution in [3.8, 4) is 6.07 Å². The Morgan fingerprint density at radius 3 is 2.29 bits per heavy atom. The SMILES string of the molecule is CC.COC1=CC(C#N)=C(C2=CC(C[O-])N(C)N2C)CN1.Nc1c(F)cccc1F.[K+]. The maximum atomic E-state index is 12.2. The molecule has 0 radical (unpaired) electrons. The predicted molar refractivity (Wildman–Crippen MR) is 110 cm³/mol. The normalized spacial score (nSPS) is 17.5. The number of hydrazine groups is 1. The summed E-state index contributed by atoms with van der Waals surface area (Å²) >= 11 is 0. The molecule has 2 aliphatic heterocycles. The first kappa shape index (κ1) is 29.5. The van der Waals surface area contributed by atoms with Crippen LogP contribution in [-0.4, -0.2) is 50.4 Å². The van der Waals surface area contributed by atoms with Gasteiger partial charge in [-0.15, -0.1) is 6.61 Å². The summed E-state index contributed by atoms with van der Waals surface area (Å²) < 4.78 is 29.5. The van der Waals surface area contributed by atoms with E-state index in [4.69, 9.17) is 10.5 Å². The third-order valence-corrected chi connectivity index (χ3v) is 4.51. The Labute approximate surface area is 225 Å². The number of benzene rings is 1. The second-order valence-corrected chi connectivity index (χ2v) is 6.09. The number of para-hydroxylation sites is 1. The van der Waals surface area contributed by atoms with E-state index in [0.717, 1.165) is 23.4 Å². The van der Waals surface area contributed by atoms with Crippen LogP contribution in [0.25, 0.3) is 0 Å². The monoisotopic (exact) mass is 459 g/mol.